The van der Waals surface area contributed by atoms with Gasteiger partial charge in [0, 0.05) is 17.0 Å². The number of hydrogen-bond donors (Lipinski definition) is 2. The number of nitrogens with one attached hydrogen (secondary N) is 2. The zero-order valence-electron chi connectivity index (χ0n) is 14.2. The quantitative estimate of drug-likeness (QED) is 0.695. The number of rotatable bonds is 5. The largest absolute Gasteiger partial charge is 0.273 e. The second-order valence-electron chi connectivity index (χ2n) is 5.96. The minimum atomic E-state index is -0.126. The average molecular weight is 332 g/mol. The Labute approximate surface area is 147 Å². The Morgan fingerprint density at radius 3 is 1.76 bits per heavy atom. The maximum atomic E-state index is 11.8. The third-order valence-electron chi connectivity index (χ3n) is 3.69. The molecule has 2 aromatic carbocycles. The van der Waals surface area contributed by atoms with E-state index in [4.69, 9.17) is 0 Å². The van der Waals surface area contributed by atoms with Crippen molar-refractivity contribution in [3.8, 4) is 22.5 Å². The van der Waals surface area contributed by atoms with Crippen LogP contribution in [0.3, 0.4) is 0 Å². The predicted octanol–water partition coefficient (Wildman–Crippen LogP) is 3.91. The second-order valence-corrected chi connectivity index (χ2v) is 5.96. The molecular formula is C20H20N4O. The smallest absolute Gasteiger partial charge is 0.242 e. The molecule has 1 heterocycles. The fourth-order valence-corrected chi connectivity index (χ4v) is 2.28. The summed E-state index contributed by atoms with van der Waals surface area (Å²) in [7, 11) is 0. The SMILES string of the molecule is CC(C)C(=O)NNc1nc(-c2ccccc2)cc(-c2ccccc2)n1. The van der Waals surface area contributed by atoms with Gasteiger partial charge in [0.15, 0.2) is 0 Å². The Morgan fingerprint density at radius 2 is 1.32 bits per heavy atom. The van der Waals surface area contributed by atoms with E-state index in [0.29, 0.717) is 5.95 Å². The van der Waals surface area contributed by atoms with E-state index < -0.39 is 0 Å². The first-order chi connectivity index (χ1) is 12.1. The van der Waals surface area contributed by atoms with Crippen molar-refractivity contribution in [1.82, 2.24) is 15.4 Å². The van der Waals surface area contributed by atoms with E-state index >= 15 is 0 Å². The van der Waals surface area contributed by atoms with Crippen molar-refractivity contribution in [3.63, 3.8) is 0 Å². The van der Waals surface area contributed by atoms with Crippen LogP contribution >= 0.6 is 0 Å². The predicted molar refractivity (Wildman–Crippen MR) is 99.5 cm³/mol. The Hall–Kier alpha value is -3.21. The van der Waals surface area contributed by atoms with E-state index in [1.54, 1.807) is 0 Å². The van der Waals surface area contributed by atoms with Gasteiger partial charge >= 0.3 is 0 Å². The number of nitrogens with zero attached hydrogens (tertiary/aromatic N) is 2. The number of anilines is 1. The second kappa shape index (κ2) is 7.57. The van der Waals surface area contributed by atoms with E-state index in [0.717, 1.165) is 22.5 Å². The Balaban J connectivity index is 1.98. The molecule has 0 aliphatic heterocycles. The van der Waals surface area contributed by atoms with Gasteiger partial charge in [-0.15, -0.1) is 0 Å². The topological polar surface area (TPSA) is 66.9 Å². The lowest BCUT2D eigenvalue weighted by atomic mass is 10.1. The first-order valence-electron chi connectivity index (χ1n) is 8.19. The molecule has 0 fully saturated rings. The number of aromatic nitrogens is 2. The number of hydrogen-bond acceptors (Lipinski definition) is 4. The zero-order valence-corrected chi connectivity index (χ0v) is 14.2. The molecule has 0 aliphatic rings. The van der Waals surface area contributed by atoms with Crippen molar-refractivity contribution in [2.24, 2.45) is 5.92 Å². The van der Waals surface area contributed by atoms with Crippen LogP contribution in [0.5, 0.6) is 0 Å². The van der Waals surface area contributed by atoms with Crippen molar-refractivity contribution >= 4 is 11.9 Å². The molecule has 5 nitrogen and oxygen atoms in total. The fourth-order valence-electron chi connectivity index (χ4n) is 2.28. The highest BCUT2D eigenvalue weighted by Crippen LogP contribution is 2.24. The van der Waals surface area contributed by atoms with Crippen molar-refractivity contribution in [2.75, 3.05) is 5.43 Å². The van der Waals surface area contributed by atoms with Gasteiger partial charge < -0.3 is 0 Å². The molecular weight excluding hydrogens is 312 g/mol. The summed E-state index contributed by atoms with van der Waals surface area (Å²) in [6, 6.07) is 21.7. The molecule has 3 aromatic rings. The highest BCUT2D eigenvalue weighted by molar-refractivity contribution is 5.79. The van der Waals surface area contributed by atoms with Crippen molar-refractivity contribution < 1.29 is 4.79 Å². The van der Waals surface area contributed by atoms with Crippen LogP contribution in [0.25, 0.3) is 22.5 Å². The minimum Gasteiger partial charge on any atom is -0.273 e. The summed E-state index contributed by atoms with van der Waals surface area (Å²) >= 11 is 0. The lowest BCUT2D eigenvalue weighted by molar-refractivity contribution is -0.123. The Kier molecular flexibility index (Phi) is 5.04. The van der Waals surface area contributed by atoms with E-state index in [1.165, 1.54) is 0 Å². The van der Waals surface area contributed by atoms with Crippen LogP contribution in [0.2, 0.25) is 0 Å². The third-order valence-corrected chi connectivity index (χ3v) is 3.69. The van der Waals surface area contributed by atoms with Crippen molar-refractivity contribution in [2.45, 2.75) is 13.8 Å². The number of amides is 1. The van der Waals surface area contributed by atoms with Crippen LogP contribution in [0.1, 0.15) is 13.8 Å². The molecule has 0 saturated heterocycles. The van der Waals surface area contributed by atoms with E-state index in [1.807, 2.05) is 80.6 Å². The molecule has 0 atom stereocenters. The molecule has 1 aromatic heterocycles. The third kappa shape index (κ3) is 4.20. The first kappa shape index (κ1) is 16.6. The molecule has 0 bridgehead atoms. The minimum absolute atomic E-state index is 0.116. The molecule has 0 saturated carbocycles. The van der Waals surface area contributed by atoms with Crippen LogP contribution in [0.4, 0.5) is 5.95 Å². The van der Waals surface area contributed by atoms with Crippen molar-refractivity contribution in [1.29, 1.82) is 0 Å². The van der Waals surface area contributed by atoms with Gasteiger partial charge in [0.25, 0.3) is 0 Å². The molecule has 0 unspecified atom stereocenters. The van der Waals surface area contributed by atoms with Crippen LogP contribution in [-0.4, -0.2) is 15.9 Å². The van der Waals surface area contributed by atoms with E-state index in [9.17, 15) is 4.79 Å². The van der Waals surface area contributed by atoms with Gasteiger partial charge in [-0.05, 0) is 6.07 Å². The van der Waals surface area contributed by atoms with Gasteiger partial charge in [0.2, 0.25) is 11.9 Å². The van der Waals surface area contributed by atoms with Gasteiger partial charge in [-0.1, -0.05) is 74.5 Å². The molecule has 0 radical (unpaired) electrons. The molecule has 0 spiro atoms. The maximum absolute atomic E-state index is 11.8. The van der Waals surface area contributed by atoms with E-state index in [-0.39, 0.29) is 11.8 Å². The van der Waals surface area contributed by atoms with Crippen molar-refractivity contribution in [3.05, 3.63) is 66.7 Å². The highest BCUT2D eigenvalue weighted by atomic mass is 16.2. The normalized spacial score (nSPS) is 10.5. The molecule has 3 rings (SSSR count). The van der Waals surface area contributed by atoms with Gasteiger partial charge in [0.1, 0.15) is 0 Å². The molecule has 1 amide bonds. The number of carbonyl (C=O) groups excluding carboxylic acids is 1. The van der Waals surface area contributed by atoms with Gasteiger partial charge in [0.05, 0.1) is 11.4 Å². The average Bonchev–Trinajstić information content (AvgIpc) is 2.67. The van der Waals surface area contributed by atoms with E-state index in [2.05, 4.69) is 20.8 Å². The summed E-state index contributed by atoms with van der Waals surface area (Å²) < 4.78 is 0. The van der Waals surface area contributed by atoms with Crippen LogP contribution in [0, 0.1) is 5.92 Å². The zero-order chi connectivity index (χ0) is 17.6. The molecule has 0 aliphatic carbocycles. The fraction of sp³-hybridized carbons (Fsp3) is 0.150. The van der Waals surface area contributed by atoms with Crippen LogP contribution < -0.4 is 10.9 Å². The summed E-state index contributed by atoms with van der Waals surface area (Å²) in [5.74, 6) is 0.114. The molecule has 5 heteroatoms. The summed E-state index contributed by atoms with van der Waals surface area (Å²) in [5.41, 5.74) is 9.01. The lowest BCUT2D eigenvalue weighted by Gasteiger charge is -2.12. The first-order valence-corrected chi connectivity index (χ1v) is 8.19. The summed E-state index contributed by atoms with van der Waals surface area (Å²) in [4.78, 5) is 20.8. The number of hydrazine groups is 1. The summed E-state index contributed by atoms with van der Waals surface area (Å²) in [6.45, 7) is 3.65. The Morgan fingerprint density at radius 1 is 0.840 bits per heavy atom. The van der Waals surface area contributed by atoms with Gasteiger partial charge in [-0.2, -0.15) is 0 Å². The van der Waals surface area contributed by atoms with Gasteiger partial charge in [-0.25, -0.2) is 9.97 Å². The molecule has 25 heavy (non-hydrogen) atoms. The Bertz CT molecular complexity index is 790. The number of carbonyl (C=O) groups is 1. The highest BCUT2D eigenvalue weighted by Gasteiger charge is 2.10. The van der Waals surface area contributed by atoms with Crippen LogP contribution in [0.15, 0.2) is 66.7 Å². The lowest BCUT2D eigenvalue weighted by Crippen LogP contribution is -2.33. The summed E-state index contributed by atoms with van der Waals surface area (Å²) in [5, 5.41) is 0. The number of benzene rings is 2. The standard InChI is InChI=1S/C20H20N4O/c1-14(2)19(25)23-24-20-21-17(15-9-5-3-6-10-15)13-18(22-20)16-11-7-4-8-12-16/h3-14H,1-2H3,(H,23,25)(H,21,22,24). The molecule has 126 valence electrons. The molecule has 2 N–H and O–H groups in total. The maximum Gasteiger partial charge on any atom is 0.242 e. The van der Waals surface area contributed by atoms with Crippen LogP contribution in [-0.2, 0) is 4.79 Å². The summed E-state index contributed by atoms with van der Waals surface area (Å²) in [6.07, 6.45) is 0. The van der Waals surface area contributed by atoms with Gasteiger partial charge in [-0.3, -0.25) is 15.6 Å². The monoisotopic (exact) mass is 332 g/mol.